The van der Waals surface area contributed by atoms with Crippen molar-refractivity contribution in [2.75, 3.05) is 31.1 Å². The van der Waals surface area contributed by atoms with Gasteiger partial charge >= 0.3 is 0 Å². The lowest BCUT2D eigenvalue weighted by atomic mass is 9.97. The molecule has 1 amide bonds. The van der Waals surface area contributed by atoms with Gasteiger partial charge in [0.25, 0.3) is 5.91 Å². The van der Waals surface area contributed by atoms with Crippen molar-refractivity contribution >= 4 is 50.9 Å². The molecule has 1 aromatic heterocycles. The van der Waals surface area contributed by atoms with Gasteiger partial charge in [-0.2, -0.15) is 0 Å². The van der Waals surface area contributed by atoms with Crippen molar-refractivity contribution in [2.24, 2.45) is 5.41 Å². The molecule has 0 saturated carbocycles. The zero-order valence-electron chi connectivity index (χ0n) is 19.2. The number of hydrogen-bond acceptors (Lipinski definition) is 6. The Labute approximate surface area is 211 Å². The molecule has 3 heterocycles. The Morgan fingerprint density at radius 3 is 2.67 bits per heavy atom. The molecule has 1 unspecified atom stereocenters. The number of thioether (sulfide) groups is 1. The van der Waals surface area contributed by atoms with E-state index < -0.39 is 10.0 Å². The summed E-state index contributed by atoms with van der Waals surface area (Å²) in [7, 11) is -3.33. The second kappa shape index (κ2) is 11.3. The van der Waals surface area contributed by atoms with Crippen LogP contribution in [0.1, 0.15) is 49.0 Å². The van der Waals surface area contributed by atoms with Gasteiger partial charge in [0.1, 0.15) is 10.3 Å². The Balaban J connectivity index is 1.41. The molecule has 1 fully saturated rings. The van der Waals surface area contributed by atoms with E-state index in [4.69, 9.17) is 23.2 Å². The number of amides is 1. The van der Waals surface area contributed by atoms with E-state index in [0.29, 0.717) is 17.7 Å². The Hall–Kier alpha value is -0.840. The van der Waals surface area contributed by atoms with Crippen molar-refractivity contribution in [2.45, 2.75) is 52.1 Å². The van der Waals surface area contributed by atoms with Crippen LogP contribution in [0.3, 0.4) is 0 Å². The fourth-order valence-corrected chi connectivity index (χ4v) is 8.05. The zero-order chi connectivity index (χ0) is 24.2. The van der Waals surface area contributed by atoms with Crippen molar-refractivity contribution in [1.29, 1.82) is 0 Å². The Bertz CT molecular complexity index is 974. The molecule has 2 N–H and O–H groups in total. The Kier molecular flexibility index (Phi) is 9.13. The summed E-state index contributed by atoms with van der Waals surface area (Å²) in [5.41, 5.74) is 0.746. The van der Waals surface area contributed by atoms with Crippen molar-refractivity contribution in [3.05, 3.63) is 39.0 Å². The summed E-state index contributed by atoms with van der Waals surface area (Å²) in [6, 6.07) is 1.86. The molecule has 33 heavy (non-hydrogen) atoms. The molecule has 11 heteroatoms. The van der Waals surface area contributed by atoms with Gasteiger partial charge in [0.2, 0.25) is 10.0 Å². The first-order valence-electron chi connectivity index (χ1n) is 11.1. The normalized spacial score (nSPS) is 23.1. The zero-order valence-corrected chi connectivity index (χ0v) is 22.4. The number of aromatic nitrogens is 1. The van der Waals surface area contributed by atoms with Gasteiger partial charge in [-0.1, -0.05) is 36.2 Å². The third-order valence-corrected chi connectivity index (χ3v) is 9.57. The predicted molar refractivity (Wildman–Crippen MR) is 137 cm³/mol. The van der Waals surface area contributed by atoms with E-state index in [1.54, 1.807) is 24.8 Å². The molecular formula is C22H32Cl2N4O3S2. The molecule has 2 aliphatic heterocycles. The number of pyridine rings is 1. The number of carbonyl (C=O) groups excluding carboxylic acids is 1. The maximum Gasteiger partial charge on any atom is 0.254 e. The number of nitrogens with zero attached hydrogens (tertiary/aromatic N) is 2. The molecule has 184 valence electrons. The standard InChI is InChI=1S/C22H32Cl2N4O3S2/c1-15-12-18(23)26-20(24)19(15)21(29)25-8-4-16(2)28-9-5-17(6-10-28)27-33(30,31)14-22(3)7-11-32-13-22/h7,11-12,16-17,27H,4-6,8-10,13-14H2,1-3H3,(H,25,29)/t16-,22?/m1/s1. The van der Waals surface area contributed by atoms with E-state index in [1.807, 2.05) is 18.4 Å². The highest BCUT2D eigenvalue weighted by molar-refractivity contribution is 8.02. The third-order valence-electron chi connectivity index (χ3n) is 6.21. The van der Waals surface area contributed by atoms with Crippen LogP contribution in [0, 0.1) is 12.3 Å². The summed E-state index contributed by atoms with van der Waals surface area (Å²) in [5.74, 6) is 0.679. The van der Waals surface area contributed by atoms with Gasteiger partial charge in [-0.3, -0.25) is 4.79 Å². The molecule has 0 radical (unpaired) electrons. The summed E-state index contributed by atoms with van der Waals surface area (Å²) >= 11 is 13.6. The van der Waals surface area contributed by atoms with Crippen LogP contribution in [0.4, 0.5) is 0 Å². The van der Waals surface area contributed by atoms with Gasteiger partial charge in [0.15, 0.2) is 0 Å². The number of aryl methyl sites for hydroxylation is 1. The van der Waals surface area contributed by atoms with Crippen molar-refractivity contribution in [1.82, 2.24) is 19.9 Å². The fraction of sp³-hybridized carbons (Fsp3) is 0.636. The minimum Gasteiger partial charge on any atom is -0.352 e. The van der Waals surface area contributed by atoms with Crippen molar-refractivity contribution in [3.63, 3.8) is 0 Å². The van der Waals surface area contributed by atoms with Crippen molar-refractivity contribution < 1.29 is 13.2 Å². The molecule has 1 saturated heterocycles. The first-order chi connectivity index (χ1) is 15.5. The lowest BCUT2D eigenvalue weighted by Gasteiger charge is -2.36. The van der Waals surface area contributed by atoms with Crippen LogP contribution in [-0.4, -0.2) is 67.4 Å². The molecule has 0 bridgehead atoms. The Morgan fingerprint density at radius 2 is 2.06 bits per heavy atom. The molecule has 2 aliphatic rings. The Morgan fingerprint density at radius 1 is 1.36 bits per heavy atom. The lowest BCUT2D eigenvalue weighted by molar-refractivity contribution is 0.0944. The number of sulfonamides is 1. The van der Waals surface area contributed by atoms with E-state index in [9.17, 15) is 13.2 Å². The molecule has 3 rings (SSSR count). The number of allylic oxidation sites excluding steroid dienone is 1. The van der Waals surface area contributed by atoms with E-state index in [0.717, 1.165) is 38.1 Å². The topological polar surface area (TPSA) is 91.4 Å². The highest BCUT2D eigenvalue weighted by Gasteiger charge is 2.33. The predicted octanol–water partition coefficient (Wildman–Crippen LogP) is 3.86. The molecule has 0 aromatic carbocycles. The SMILES string of the molecule is Cc1cc(Cl)nc(Cl)c1C(=O)NCC[C@@H](C)N1CCC(NS(=O)(=O)CC2(C)C=CSC2)CC1. The third kappa shape index (κ3) is 7.57. The van der Waals surface area contributed by atoms with Crippen LogP contribution in [-0.2, 0) is 10.0 Å². The van der Waals surface area contributed by atoms with E-state index in [1.165, 1.54) is 0 Å². The highest BCUT2D eigenvalue weighted by atomic mass is 35.5. The van der Waals surface area contributed by atoms with E-state index >= 15 is 0 Å². The van der Waals surface area contributed by atoms with Crippen molar-refractivity contribution in [3.8, 4) is 0 Å². The number of likely N-dealkylation sites (tertiary alicyclic amines) is 1. The van der Waals surface area contributed by atoms with Gasteiger partial charge < -0.3 is 10.2 Å². The van der Waals surface area contributed by atoms with Crippen LogP contribution in [0.15, 0.2) is 17.6 Å². The largest absolute Gasteiger partial charge is 0.352 e. The highest BCUT2D eigenvalue weighted by Crippen LogP contribution is 2.33. The average molecular weight is 536 g/mol. The van der Waals surface area contributed by atoms with Gasteiger partial charge in [-0.05, 0) is 63.2 Å². The van der Waals surface area contributed by atoms with Gasteiger partial charge in [0, 0.05) is 29.8 Å². The second-order valence-corrected chi connectivity index (χ2v) is 12.7. The summed E-state index contributed by atoms with van der Waals surface area (Å²) in [4.78, 5) is 18.8. The summed E-state index contributed by atoms with van der Waals surface area (Å²) in [6.07, 6.45) is 4.34. The number of carbonyl (C=O) groups is 1. The van der Waals surface area contributed by atoms with Crippen LogP contribution in [0.5, 0.6) is 0 Å². The van der Waals surface area contributed by atoms with E-state index in [-0.39, 0.29) is 39.5 Å². The van der Waals surface area contributed by atoms with Gasteiger partial charge in [-0.15, -0.1) is 11.8 Å². The van der Waals surface area contributed by atoms with Crippen LogP contribution < -0.4 is 10.0 Å². The van der Waals surface area contributed by atoms with E-state index in [2.05, 4.69) is 26.8 Å². The minimum atomic E-state index is -3.33. The first-order valence-corrected chi connectivity index (χ1v) is 14.6. The smallest absolute Gasteiger partial charge is 0.254 e. The minimum absolute atomic E-state index is 0.0256. The average Bonchev–Trinajstić information content (AvgIpc) is 3.12. The number of hydrogen-bond donors (Lipinski definition) is 2. The molecule has 1 aromatic rings. The summed E-state index contributed by atoms with van der Waals surface area (Å²) in [6.45, 7) is 8.05. The van der Waals surface area contributed by atoms with Crippen LogP contribution in [0.25, 0.3) is 0 Å². The monoisotopic (exact) mass is 534 g/mol. The summed E-state index contributed by atoms with van der Waals surface area (Å²) < 4.78 is 28.2. The number of rotatable bonds is 9. The number of halogens is 2. The summed E-state index contributed by atoms with van der Waals surface area (Å²) in [5, 5.41) is 5.27. The maximum atomic E-state index is 12.6. The van der Waals surface area contributed by atoms with Crippen LogP contribution >= 0.6 is 35.0 Å². The molecule has 2 atom stereocenters. The van der Waals surface area contributed by atoms with Crippen LogP contribution in [0.2, 0.25) is 10.3 Å². The first kappa shape index (κ1) is 26.8. The molecular weight excluding hydrogens is 503 g/mol. The molecule has 7 nitrogen and oxygen atoms in total. The van der Waals surface area contributed by atoms with Gasteiger partial charge in [-0.25, -0.2) is 18.1 Å². The second-order valence-electron chi connectivity index (χ2n) is 9.28. The van der Waals surface area contributed by atoms with Gasteiger partial charge in [0.05, 0.1) is 11.3 Å². The maximum absolute atomic E-state index is 12.6. The molecule has 0 aliphatic carbocycles. The number of nitrogens with one attached hydrogen (secondary N) is 2. The quantitative estimate of drug-likeness (QED) is 0.467. The number of piperidine rings is 1. The molecule has 0 spiro atoms. The lowest BCUT2D eigenvalue weighted by Crippen LogP contribution is -2.49. The fourth-order valence-electron chi connectivity index (χ4n) is 4.31.